The SMILES string of the molecule is CSCCC(NC(=O)C(Cc1ccc(O)cc1)NC(=O)C(N)CCC(N)=O)C(=O)NC(CCCCN)C(=O)O. The van der Waals surface area contributed by atoms with Gasteiger partial charge in [0.05, 0.1) is 6.04 Å². The lowest BCUT2D eigenvalue weighted by atomic mass is 10.0. The molecule has 0 radical (unpaired) electrons. The number of aromatic hydroxyl groups is 1. The summed E-state index contributed by atoms with van der Waals surface area (Å²) < 4.78 is 0. The number of amides is 4. The van der Waals surface area contributed by atoms with Gasteiger partial charge in [0.25, 0.3) is 0 Å². The quantitative estimate of drug-likeness (QED) is 0.0941. The van der Waals surface area contributed by atoms with Crippen LogP contribution in [0.1, 0.15) is 44.1 Å². The summed E-state index contributed by atoms with van der Waals surface area (Å²) in [5.41, 5.74) is 17.1. The van der Waals surface area contributed by atoms with Crippen LogP contribution in [0.25, 0.3) is 0 Å². The summed E-state index contributed by atoms with van der Waals surface area (Å²) in [6, 6.07) is 1.53. The highest BCUT2D eigenvalue weighted by Gasteiger charge is 2.30. The van der Waals surface area contributed by atoms with Crippen LogP contribution in [0.3, 0.4) is 0 Å². The lowest BCUT2D eigenvalue weighted by Crippen LogP contribution is -2.57. The molecule has 0 aliphatic rings. The fourth-order valence-electron chi connectivity index (χ4n) is 3.58. The maximum atomic E-state index is 13.3. The molecule has 11 N–H and O–H groups in total. The zero-order chi connectivity index (χ0) is 29.4. The van der Waals surface area contributed by atoms with Gasteiger partial charge in [-0.2, -0.15) is 11.8 Å². The van der Waals surface area contributed by atoms with Crippen molar-refractivity contribution in [1.82, 2.24) is 16.0 Å². The number of nitrogens with two attached hydrogens (primary N) is 3. The first-order chi connectivity index (χ1) is 18.5. The van der Waals surface area contributed by atoms with Gasteiger partial charge in [0.2, 0.25) is 23.6 Å². The van der Waals surface area contributed by atoms with Crippen LogP contribution in [-0.4, -0.2) is 82.5 Å². The average molecular weight is 569 g/mol. The minimum absolute atomic E-state index is 0.00804. The molecular formula is C25H40N6O7S. The molecule has 39 heavy (non-hydrogen) atoms. The number of phenolic OH excluding ortho intramolecular Hbond substituents is 1. The van der Waals surface area contributed by atoms with Crippen molar-refractivity contribution in [2.24, 2.45) is 17.2 Å². The third-order valence-electron chi connectivity index (χ3n) is 5.85. The Hall–Kier alpha value is -3.36. The molecule has 4 amide bonds. The maximum absolute atomic E-state index is 13.3. The van der Waals surface area contributed by atoms with E-state index in [4.69, 9.17) is 17.2 Å². The molecule has 0 fully saturated rings. The Morgan fingerprint density at radius 1 is 0.872 bits per heavy atom. The van der Waals surface area contributed by atoms with Crippen LogP contribution in [-0.2, 0) is 30.4 Å². The molecule has 0 aliphatic heterocycles. The molecule has 0 saturated heterocycles. The fourth-order valence-corrected chi connectivity index (χ4v) is 4.06. The molecule has 1 rings (SSSR count). The summed E-state index contributed by atoms with van der Waals surface area (Å²) in [6.45, 7) is 0.396. The van der Waals surface area contributed by atoms with Crippen LogP contribution >= 0.6 is 11.8 Å². The zero-order valence-electron chi connectivity index (χ0n) is 22.1. The van der Waals surface area contributed by atoms with Crippen molar-refractivity contribution in [3.63, 3.8) is 0 Å². The number of hydrogen-bond acceptors (Lipinski definition) is 9. The summed E-state index contributed by atoms with van der Waals surface area (Å²) >= 11 is 1.44. The van der Waals surface area contributed by atoms with Gasteiger partial charge in [-0.25, -0.2) is 4.79 Å². The van der Waals surface area contributed by atoms with Crippen LogP contribution in [0.5, 0.6) is 5.75 Å². The molecule has 218 valence electrons. The molecule has 0 heterocycles. The predicted molar refractivity (Wildman–Crippen MR) is 148 cm³/mol. The van der Waals surface area contributed by atoms with Gasteiger partial charge in [-0.05, 0) is 68.4 Å². The maximum Gasteiger partial charge on any atom is 0.326 e. The first-order valence-electron chi connectivity index (χ1n) is 12.6. The van der Waals surface area contributed by atoms with Gasteiger partial charge in [0, 0.05) is 12.8 Å². The van der Waals surface area contributed by atoms with Gasteiger partial charge in [0.1, 0.15) is 23.9 Å². The molecule has 0 aliphatic carbocycles. The Kier molecular flexibility index (Phi) is 15.6. The molecule has 0 aromatic heterocycles. The topological polar surface area (TPSA) is 240 Å². The molecular weight excluding hydrogens is 528 g/mol. The first-order valence-corrected chi connectivity index (χ1v) is 14.0. The molecule has 1 aromatic rings. The van der Waals surface area contributed by atoms with Crippen molar-refractivity contribution in [3.05, 3.63) is 29.8 Å². The normalized spacial score (nSPS) is 13.9. The molecule has 0 spiro atoms. The molecule has 13 nitrogen and oxygen atoms in total. The number of phenols is 1. The standard InChI is InChI=1S/C25H40N6O7S/c1-39-13-11-18(23(35)30-19(25(37)38)4-2-3-12-26)29-24(36)20(14-15-5-7-16(32)8-6-15)31-22(34)17(27)9-10-21(28)33/h5-8,17-20,32H,2-4,9-14,26-27H2,1H3,(H2,28,33)(H,29,36)(H,30,35)(H,31,34)(H,37,38). The highest BCUT2D eigenvalue weighted by Crippen LogP contribution is 2.12. The number of unbranched alkanes of at least 4 members (excludes halogenated alkanes) is 1. The van der Waals surface area contributed by atoms with E-state index in [1.807, 2.05) is 6.26 Å². The molecule has 4 atom stereocenters. The van der Waals surface area contributed by atoms with Crippen molar-refractivity contribution < 1.29 is 34.2 Å². The van der Waals surface area contributed by atoms with E-state index in [0.717, 1.165) is 0 Å². The number of carboxylic acid groups (broad SMARTS) is 1. The van der Waals surface area contributed by atoms with Crippen LogP contribution < -0.4 is 33.2 Å². The summed E-state index contributed by atoms with van der Waals surface area (Å²) in [5, 5.41) is 26.8. The van der Waals surface area contributed by atoms with Crippen molar-refractivity contribution in [2.45, 2.75) is 69.1 Å². The Bertz CT molecular complexity index is 963. The number of carbonyl (C=O) groups excluding carboxylic acids is 4. The summed E-state index contributed by atoms with van der Waals surface area (Å²) in [4.78, 5) is 61.8. The fraction of sp³-hybridized carbons (Fsp3) is 0.560. The Morgan fingerprint density at radius 2 is 1.46 bits per heavy atom. The molecule has 0 bridgehead atoms. The van der Waals surface area contributed by atoms with E-state index < -0.39 is 53.8 Å². The van der Waals surface area contributed by atoms with E-state index in [0.29, 0.717) is 30.7 Å². The second-order valence-electron chi connectivity index (χ2n) is 9.07. The third kappa shape index (κ3) is 13.3. The van der Waals surface area contributed by atoms with Gasteiger partial charge in [0.15, 0.2) is 0 Å². The second kappa shape index (κ2) is 18.0. The predicted octanol–water partition coefficient (Wildman–Crippen LogP) is -1.05. The number of benzene rings is 1. The third-order valence-corrected chi connectivity index (χ3v) is 6.50. The Morgan fingerprint density at radius 3 is 2.03 bits per heavy atom. The largest absolute Gasteiger partial charge is 0.508 e. The van der Waals surface area contributed by atoms with Gasteiger partial charge < -0.3 is 43.4 Å². The zero-order valence-corrected chi connectivity index (χ0v) is 22.9. The highest BCUT2D eigenvalue weighted by atomic mass is 32.2. The van der Waals surface area contributed by atoms with Gasteiger partial charge in [-0.3, -0.25) is 19.2 Å². The number of hydrogen-bond donors (Lipinski definition) is 8. The van der Waals surface area contributed by atoms with E-state index >= 15 is 0 Å². The van der Waals surface area contributed by atoms with Crippen LogP contribution in [0, 0.1) is 0 Å². The number of carbonyl (C=O) groups is 5. The van der Waals surface area contributed by atoms with Gasteiger partial charge in [-0.1, -0.05) is 12.1 Å². The molecule has 4 unspecified atom stereocenters. The Balaban J connectivity index is 3.08. The van der Waals surface area contributed by atoms with E-state index in [9.17, 15) is 34.2 Å². The van der Waals surface area contributed by atoms with Crippen LogP contribution in [0.15, 0.2) is 24.3 Å². The van der Waals surface area contributed by atoms with E-state index in [1.54, 1.807) is 12.1 Å². The average Bonchev–Trinajstić information content (AvgIpc) is 2.89. The molecule has 14 heteroatoms. The highest BCUT2D eigenvalue weighted by molar-refractivity contribution is 7.98. The smallest absolute Gasteiger partial charge is 0.326 e. The number of rotatable bonds is 19. The van der Waals surface area contributed by atoms with Crippen LogP contribution in [0.4, 0.5) is 0 Å². The number of aliphatic carboxylic acids is 1. The lowest BCUT2D eigenvalue weighted by molar-refractivity contribution is -0.142. The van der Waals surface area contributed by atoms with E-state index in [1.165, 1.54) is 23.9 Å². The minimum atomic E-state index is -1.20. The number of carboxylic acids is 1. The van der Waals surface area contributed by atoms with Crippen molar-refractivity contribution in [3.8, 4) is 5.75 Å². The minimum Gasteiger partial charge on any atom is -0.508 e. The van der Waals surface area contributed by atoms with Crippen LogP contribution in [0.2, 0.25) is 0 Å². The lowest BCUT2D eigenvalue weighted by Gasteiger charge is -2.25. The van der Waals surface area contributed by atoms with Crippen molar-refractivity contribution in [1.29, 1.82) is 0 Å². The summed E-state index contributed by atoms with van der Waals surface area (Å²) in [6.07, 6.45) is 3.21. The monoisotopic (exact) mass is 568 g/mol. The molecule has 0 saturated carbocycles. The van der Waals surface area contributed by atoms with Crippen molar-refractivity contribution >= 4 is 41.4 Å². The number of thioether (sulfide) groups is 1. The first kappa shape index (κ1) is 33.7. The molecule has 1 aromatic carbocycles. The second-order valence-corrected chi connectivity index (χ2v) is 10.1. The van der Waals surface area contributed by atoms with E-state index in [2.05, 4.69) is 16.0 Å². The summed E-state index contributed by atoms with van der Waals surface area (Å²) in [7, 11) is 0. The van der Waals surface area contributed by atoms with Gasteiger partial charge >= 0.3 is 5.97 Å². The van der Waals surface area contributed by atoms with E-state index in [-0.39, 0.29) is 37.9 Å². The Labute approximate surface area is 232 Å². The number of nitrogens with one attached hydrogen (secondary N) is 3. The number of primary amides is 1. The summed E-state index contributed by atoms with van der Waals surface area (Å²) in [5.74, 6) is -3.34. The van der Waals surface area contributed by atoms with Gasteiger partial charge in [-0.15, -0.1) is 0 Å². The van der Waals surface area contributed by atoms with Crippen molar-refractivity contribution in [2.75, 3.05) is 18.6 Å².